The number of amides is 1. The fourth-order valence-electron chi connectivity index (χ4n) is 6.52. The number of nitrogens with zero attached hydrogens (tertiary/aromatic N) is 4. The largest absolute Gasteiger partial charge is 0.497 e. The van der Waals surface area contributed by atoms with Crippen LogP contribution >= 0.6 is 11.6 Å². The predicted octanol–water partition coefficient (Wildman–Crippen LogP) is 5.61. The molecule has 0 aliphatic carbocycles. The molecule has 1 aromatic heterocycles. The van der Waals surface area contributed by atoms with Crippen LogP contribution in [0, 0.1) is 0 Å². The number of aromatic nitrogens is 1. The first-order valence-electron chi connectivity index (χ1n) is 14.7. The number of halogens is 1. The van der Waals surface area contributed by atoms with Gasteiger partial charge in [0.2, 0.25) is 5.89 Å². The molecular weight excluding hydrogens is 616 g/mol. The Labute approximate surface area is 268 Å². The summed E-state index contributed by atoms with van der Waals surface area (Å²) >= 11 is 6.52. The maximum atomic E-state index is 15.4. The average molecular weight is 651 g/mol. The van der Waals surface area contributed by atoms with E-state index in [9.17, 15) is 8.42 Å². The molecule has 0 radical (unpaired) electrons. The Morgan fingerprint density at radius 2 is 1.84 bits per heavy atom. The van der Waals surface area contributed by atoms with Crippen LogP contribution in [0.1, 0.15) is 48.4 Å². The third-order valence-corrected chi connectivity index (χ3v) is 10.7. The van der Waals surface area contributed by atoms with Crippen LogP contribution in [0.3, 0.4) is 0 Å². The topological polar surface area (TPSA) is 105 Å². The average Bonchev–Trinajstić information content (AvgIpc) is 3.79. The van der Waals surface area contributed by atoms with Crippen LogP contribution in [0.5, 0.6) is 11.5 Å². The molecule has 2 aliphatic heterocycles. The maximum absolute atomic E-state index is 15.4. The lowest BCUT2D eigenvalue weighted by Gasteiger charge is -2.41. The molecule has 236 valence electrons. The van der Waals surface area contributed by atoms with Crippen molar-refractivity contribution < 1.29 is 27.1 Å². The number of carbonyl (C=O) groups excluding carboxylic acids is 1. The van der Waals surface area contributed by atoms with Gasteiger partial charge in [0.1, 0.15) is 17.8 Å². The number of sulfonamides is 1. The monoisotopic (exact) mass is 650 g/mol. The minimum Gasteiger partial charge on any atom is -0.497 e. The summed E-state index contributed by atoms with van der Waals surface area (Å²) in [5.74, 6) is 0.735. The van der Waals surface area contributed by atoms with Crippen LogP contribution in [0.25, 0.3) is 0 Å². The number of hydrogen-bond acceptors (Lipinski definition) is 9. The summed E-state index contributed by atoms with van der Waals surface area (Å²) in [7, 11) is 0.643. The molecule has 2 atom stereocenters. The Kier molecular flexibility index (Phi) is 8.38. The smallest absolute Gasteiger partial charge is 0.271 e. The second kappa shape index (κ2) is 12.1. The van der Waals surface area contributed by atoms with Crippen LogP contribution in [0.4, 0.5) is 5.69 Å². The third kappa shape index (κ3) is 5.07. The number of benzene rings is 3. The standard InChI is InChI=1S/C33H35ClN4O6S/c1-5-36(2)21-22-8-15-30(43-4)27(19-22)33(37-17-6-7-28(37)31-35-16-18-44-31)26-14-9-23(34)20-29(26)38(32(33)39)45(40,41)25-12-10-24(42-3)11-13-25/h8-16,18-20,28H,5-7,17,21H2,1-4H3. The molecule has 3 aromatic carbocycles. The zero-order valence-electron chi connectivity index (χ0n) is 25.6. The van der Waals surface area contributed by atoms with Crippen molar-refractivity contribution in [2.45, 2.75) is 42.8 Å². The molecule has 2 aliphatic rings. The van der Waals surface area contributed by atoms with Gasteiger partial charge < -0.3 is 18.8 Å². The lowest BCUT2D eigenvalue weighted by molar-refractivity contribution is -0.127. The molecule has 1 saturated heterocycles. The normalized spacial score (nSPS) is 20.2. The quantitative estimate of drug-likeness (QED) is 0.216. The molecule has 4 aromatic rings. The van der Waals surface area contributed by atoms with Crippen molar-refractivity contribution in [2.75, 3.05) is 38.7 Å². The Balaban J connectivity index is 1.66. The molecule has 1 fully saturated rings. The van der Waals surface area contributed by atoms with Crippen molar-refractivity contribution >= 4 is 33.2 Å². The first kappa shape index (κ1) is 31.1. The highest BCUT2D eigenvalue weighted by Gasteiger charge is 2.62. The van der Waals surface area contributed by atoms with E-state index in [0.717, 1.165) is 22.8 Å². The van der Waals surface area contributed by atoms with E-state index in [2.05, 4.69) is 16.8 Å². The molecule has 10 nitrogen and oxygen atoms in total. The summed E-state index contributed by atoms with van der Waals surface area (Å²) in [5, 5.41) is 0.295. The van der Waals surface area contributed by atoms with Gasteiger partial charge in [-0.1, -0.05) is 30.7 Å². The molecule has 0 saturated carbocycles. The Hall–Kier alpha value is -3.90. The number of methoxy groups -OCH3 is 2. The van der Waals surface area contributed by atoms with Crippen molar-refractivity contribution in [3.05, 3.63) is 101 Å². The number of oxazole rings is 1. The molecule has 12 heteroatoms. The molecule has 2 unspecified atom stereocenters. The molecule has 45 heavy (non-hydrogen) atoms. The van der Waals surface area contributed by atoms with Gasteiger partial charge in [-0.15, -0.1) is 0 Å². The van der Waals surface area contributed by atoms with Gasteiger partial charge in [0.25, 0.3) is 15.9 Å². The van der Waals surface area contributed by atoms with Crippen molar-refractivity contribution in [1.82, 2.24) is 14.8 Å². The summed E-state index contributed by atoms with van der Waals surface area (Å²) in [6.07, 6.45) is 4.47. The molecular formula is C33H35ClN4O6S. The predicted molar refractivity (Wildman–Crippen MR) is 170 cm³/mol. The van der Waals surface area contributed by atoms with Crippen molar-refractivity contribution in [3.63, 3.8) is 0 Å². The number of hydrogen-bond donors (Lipinski definition) is 0. The van der Waals surface area contributed by atoms with E-state index >= 15 is 4.79 Å². The zero-order chi connectivity index (χ0) is 31.9. The molecule has 0 N–H and O–H groups in total. The first-order valence-corrected chi connectivity index (χ1v) is 16.5. The zero-order valence-corrected chi connectivity index (χ0v) is 27.1. The highest BCUT2D eigenvalue weighted by atomic mass is 35.5. The lowest BCUT2D eigenvalue weighted by atomic mass is 9.80. The van der Waals surface area contributed by atoms with Crippen LogP contribution in [-0.2, 0) is 26.9 Å². The number of likely N-dealkylation sites (tertiary alicyclic amines) is 1. The minimum atomic E-state index is -4.42. The van der Waals surface area contributed by atoms with E-state index in [0.29, 0.717) is 53.0 Å². The second-order valence-corrected chi connectivity index (χ2v) is 13.4. The molecule has 0 bridgehead atoms. The van der Waals surface area contributed by atoms with E-state index in [1.54, 1.807) is 37.6 Å². The van der Waals surface area contributed by atoms with E-state index in [-0.39, 0.29) is 10.6 Å². The van der Waals surface area contributed by atoms with Gasteiger partial charge in [0.05, 0.1) is 37.0 Å². The van der Waals surface area contributed by atoms with Crippen molar-refractivity contribution in [1.29, 1.82) is 0 Å². The summed E-state index contributed by atoms with van der Waals surface area (Å²) in [6, 6.07) is 16.3. The van der Waals surface area contributed by atoms with Gasteiger partial charge in [-0.25, -0.2) is 17.7 Å². The summed E-state index contributed by atoms with van der Waals surface area (Å²) in [5.41, 5.74) is 0.514. The highest BCUT2D eigenvalue weighted by Crippen LogP contribution is 2.56. The van der Waals surface area contributed by atoms with E-state index in [1.165, 1.54) is 31.6 Å². The van der Waals surface area contributed by atoms with E-state index in [1.807, 2.05) is 30.1 Å². The summed E-state index contributed by atoms with van der Waals surface area (Å²) in [6.45, 7) is 3.97. The van der Waals surface area contributed by atoms with Gasteiger partial charge in [0, 0.05) is 29.2 Å². The van der Waals surface area contributed by atoms with Crippen molar-refractivity contribution in [3.8, 4) is 11.5 Å². The van der Waals surface area contributed by atoms with Crippen LogP contribution < -0.4 is 13.8 Å². The Morgan fingerprint density at radius 1 is 1.07 bits per heavy atom. The Morgan fingerprint density at radius 3 is 2.51 bits per heavy atom. The molecule has 6 rings (SSSR count). The summed E-state index contributed by atoms with van der Waals surface area (Å²) < 4.78 is 46.9. The third-order valence-electron chi connectivity index (χ3n) is 8.73. The number of anilines is 1. The second-order valence-electron chi connectivity index (χ2n) is 11.2. The van der Waals surface area contributed by atoms with E-state index < -0.39 is 27.5 Å². The van der Waals surface area contributed by atoms with E-state index in [4.69, 9.17) is 25.5 Å². The molecule has 3 heterocycles. The minimum absolute atomic E-state index is 0.0608. The first-order chi connectivity index (χ1) is 21.7. The van der Waals surface area contributed by atoms with Gasteiger partial charge in [-0.2, -0.15) is 0 Å². The number of fused-ring (bicyclic) bond motifs is 1. The number of carbonyl (C=O) groups is 1. The lowest BCUT2D eigenvalue weighted by Crippen LogP contribution is -2.54. The molecule has 1 amide bonds. The SMILES string of the molecule is CCN(C)Cc1ccc(OC)c(C2(N3CCCC3c3ncco3)C(=O)N(S(=O)(=O)c3ccc(OC)cc3)c3cc(Cl)ccc32)c1. The Bertz CT molecular complexity index is 1820. The van der Waals surface area contributed by atoms with Gasteiger partial charge in [0.15, 0.2) is 5.54 Å². The van der Waals surface area contributed by atoms with Crippen LogP contribution in [0.2, 0.25) is 5.02 Å². The van der Waals surface area contributed by atoms with Crippen molar-refractivity contribution in [2.24, 2.45) is 0 Å². The summed E-state index contributed by atoms with van der Waals surface area (Å²) in [4.78, 5) is 24.0. The van der Waals surface area contributed by atoms with Gasteiger partial charge >= 0.3 is 0 Å². The fraction of sp³-hybridized carbons (Fsp3) is 0.333. The van der Waals surface area contributed by atoms with Gasteiger partial charge in [-0.05, 0) is 80.5 Å². The number of rotatable bonds is 10. The highest BCUT2D eigenvalue weighted by molar-refractivity contribution is 7.93. The van der Waals surface area contributed by atoms with Crippen LogP contribution in [-0.4, -0.2) is 63.5 Å². The van der Waals surface area contributed by atoms with Gasteiger partial charge in [-0.3, -0.25) is 9.69 Å². The fourth-order valence-corrected chi connectivity index (χ4v) is 8.14. The molecule has 0 spiro atoms. The maximum Gasteiger partial charge on any atom is 0.271 e. The number of ether oxygens (including phenoxy) is 2. The van der Waals surface area contributed by atoms with Crippen LogP contribution in [0.15, 0.2) is 82.4 Å².